The summed E-state index contributed by atoms with van der Waals surface area (Å²) in [5.41, 5.74) is 0. The fourth-order valence-electron chi connectivity index (χ4n) is 1.14. The fraction of sp³-hybridized carbons (Fsp3) is 0.900. The molecule has 0 aromatic carbocycles. The van der Waals surface area contributed by atoms with Gasteiger partial charge in [-0.25, -0.2) is 0 Å². The number of carboxylic acid groups (broad SMARTS) is 1. The van der Waals surface area contributed by atoms with E-state index in [1.54, 1.807) is 0 Å². The van der Waals surface area contributed by atoms with E-state index in [2.05, 4.69) is 22.9 Å². The third-order valence-corrected chi connectivity index (χ3v) is 1.95. The molecule has 0 aliphatic rings. The van der Waals surface area contributed by atoms with E-state index in [0.29, 0.717) is 6.42 Å². The molecule has 0 unspecified atom stereocenters. The Bertz CT molecular complexity index is 154. The number of hydrogen-bond acceptors (Lipinski definition) is 4. The summed E-state index contributed by atoms with van der Waals surface area (Å²) in [6.45, 7) is 7.67. The summed E-state index contributed by atoms with van der Waals surface area (Å²) in [6, 6.07) is 0. The first-order valence-electron chi connectivity index (χ1n) is 5.61. The molecule has 0 aromatic heterocycles. The van der Waals surface area contributed by atoms with Crippen LogP contribution in [0, 0.1) is 0 Å². The van der Waals surface area contributed by atoms with Crippen LogP contribution in [0.2, 0.25) is 0 Å². The molecule has 15 heavy (non-hydrogen) atoms. The summed E-state index contributed by atoms with van der Waals surface area (Å²) in [4.78, 5) is 10.2. The molecule has 0 radical (unpaired) electrons. The lowest BCUT2D eigenvalue weighted by atomic mass is 10.3. The Balaban J connectivity index is 2.89. The average molecular weight is 217 g/mol. The van der Waals surface area contributed by atoms with Crippen molar-refractivity contribution in [3.8, 4) is 0 Å². The zero-order chi connectivity index (χ0) is 11.4. The Morgan fingerprint density at radius 3 is 2.07 bits per heavy atom. The lowest BCUT2D eigenvalue weighted by Crippen LogP contribution is -2.32. The molecule has 0 rings (SSSR count). The maximum atomic E-state index is 10.2. The number of aliphatic carboxylic acids is 1. The Kier molecular flexibility index (Phi) is 10.9. The van der Waals surface area contributed by atoms with Gasteiger partial charge < -0.3 is 21.1 Å². The van der Waals surface area contributed by atoms with Crippen molar-refractivity contribution in [3.05, 3.63) is 0 Å². The van der Waals surface area contributed by atoms with Crippen LogP contribution >= 0.6 is 0 Å². The second kappa shape index (κ2) is 11.4. The molecule has 0 spiro atoms. The SMILES string of the molecule is CCNCCNCCNCCCC(=O)O. The summed E-state index contributed by atoms with van der Waals surface area (Å²) < 4.78 is 0. The van der Waals surface area contributed by atoms with Crippen LogP contribution in [0.5, 0.6) is 0 Å². The minimum atomic E-state index is -0.722. The van der Waals surface area contributed by atoms with Crippen molar-refractivity contribution in [2.75, 3.05) is 39.3 Å². The molecule has 90 valence electrons. The quantitative estimate of drug-likeness (QED) is 0.356. The van der Waals surface area contributed by atoms with Gasteiger partial charge in [0.2, 0.25) is 0 Å². The van der Waals surface area contributed by atoms with Crippen LogP contribution in [0.15, 0.2) is 0 Å². The predicted octanol–water partition coefficient (Wildman–Crippen LogP) is -0.360. The van der Waals surface area contributed by atoms with Gasteiger partial charge in [-0.3, -0.25) is 4.79 Å². The van der Waals surface area contributed by atoms with Crippen molar-refractivity contribution in [2.45, 2.75) is 19.8 Å². The second-order valence-electron chi connectivity index (χ2n) is 3.35. The van der Waals surface area contributed by atoms with Crippen molar-refractivity contribution in [3.63, 3.8) is 0 Å². The van der Waals surface area contributed by atoms with Gasteiger partial charge in [0.15, 0.2) is 0 Å². The molecular weight excluding hydrogens is 194 g/mol. The smallest absolute Gasteiger partial charge is 0.303 e. The molecule has 0 aliphatic heterocycles. The summed E-state index contributed by atoms with van der Waals surface area (Å²) in [5.74, 6) is -0.722. The maximum absolute atomic E-state index is 10.2. The van der Waals surface area contributed by atoms with Gasteiger partial charge in [0.05, 0.1) is 0 Å². The summed E-state index contributed by atoms with van der Waals surface area (Å²) in [7, 11) is 0. The van der Waals surface area contributed by atoms with Gasteiger partial charge in [-0.2, -0.15) is 0 Å². The molecule has 0 saturated carbocycles. The van der Waals surface area contributed by atoms with E-state index in [-0.39, 0.29) is 6.42 Å². The molecule has 0 aliphatic carbocycles. The molecule has 5 heteroatoms. The minimum absolute atomic E-state index is 0.251. The zero-order valence-corrected chi connectivity index (χ0v) is 9.51. The van der Waals surface area contributed by atoms with Crippen LogP contribution in [-0.4, -0.2) is 50.3 Å². The van der Waals surface area contributed by atoms with Gasteiger partial charge in [-0.05, 0) is 19.5 Å². The molecule has 0 bridgehead atoms. The van der Waals surface area contributed by atoms with Crippen LogP contribution in [0.25, 0.3) is 0 Å². The summed E-state index contributed by atoms with van der Waals surface area (Å²) in [6.07, 6.45) is 0.952. The van der Waals surface area contributed by atoms with Crippen molar-refractivity contribution in [1.29, 1.82) is 0 Å². The van der Waals surface area contributed by atoms with Gasteiger partial charge >= 0.3 is 5.97 Å². The summed E-state index contributed by atoms with van der Waals surface area (Å²) in [5, 5.41) is 18.1. The standard InChI is InChI=1S/C10H23N3O2/c1-2-11-6-7-13-9-8-12-5-3-4-10(14)15/h11-13H,2-9H2,1H3,(H,14,15). The van der Waals surface area contributed by atoms with E-state index in [1.807, 2.05) is 0 Å². The minimum Gasteiger partial charge on any atom is -0.481 e. The molecule has 4 N–H and O–H groups in total. The number of rotatable bonds is 11. The van der Waals surface area contributed by atoms with E-state index >= 15 is 0 Å². The average Bonchev–Trinajstić information content (AvgIpc) is 2.20. The highest BCUT2D eigenvalue weighted by Crippen LogP contribution is 1.84. The van der Waals surface area contributed by atoms with E-state index in [9.17, 15) is 4.79 Å². The third kappa shape index (κ3) is 13.3. The topological polar surface area (TPSA) is 73.4 Å². The Labute approximate surface area is 91.6 Å². The van der Waals surface area contributed by atoms with E-state index in [4.69, 9.17) is 5.11 Å². The van der Waals surface area contributed by atoms with Crippen LogP contribution in [-0.2, 0) is 4.79 Å². The van der Waals surface area contributed by atoms with Crippen molar-refractivity contribution in [2.24, 2.45) is 0 Å². The van der Waals surface area contributed by atoms with Crippen LogP contribution in [0.3, 0.4) is 0 Å². The van der Waals surface area contributed by atoms with E-state index < -0.39 is 5.97 Å². The molecule has 0 aromatic rings. The monoisotopic (exact) mass is 217 g/mol. The molecular formula is C10H23N3O2. The van der Waals surface area contributed by atoms with E-state index in [0.717, 1.165) is 39.3 Å². The second-order valence-corrected chi connectivity index (χ2v) is 3.35. The van der Waals surface area contributed by atoms with Crippen molar-refractivity contribution < 1.29 is 9.90 Å². The molecule has 0 saturated heterocycles. The Morgan fingerprint density at radius 2 is 1.53 bits per heavy atom. The molecule has 0 heterocycles. The first-order chi connectivity index (χ1) is 7.27. The maximum Gasteiger partial charge on any atom is 0.303 e. The highest BCUT2D eigenvalue weighted by atomic mass is 16.4. The highest BCUT2D eigenvalue weighted by Gasteiger charge is 1.94. The normalized spacial score (nSPS) is 10.5. The number of likely N-dealkylation sites (N-methyl/N-ethyl adjacent to an activating group) is 1. The predicted molar refractivity (Wildman–Crippen MR) is 61.2 cm³/mol. The van der Waals surface area contributed by atoms with Crippen LogP contribution in [0.4, 0.5) is 0 Å². The van der Waals surface area contributed by atoms with Gasteiger partial charge in [0.25, 0.3) is 0 Å². The molecule has 0 amide bonds. The van der Waals surface area contributed by atoms with Crippen LogP contribution < -0.4 is 16.0 Å². The van der Waals surface area contributed by atoms with Gasteiger partial charge in [0, 0.05) is 32.6 Å². The number of nitrogens with one attached hydrogen (secondary N) is 3. The fourth-order valence-corrected chi connectivity index (χ4v) is 1.14. The zero-order valence-electron chi connectivity index (χ0n) is 9.51. The van der Waals surface area contributed by atoms with E-state index in [1.165, 1.54) is 0 Å². The van der Waals surface area contributed by atoms with Crippen molar-refractivity contribution in [1.82, 2.24) is 16.0 Å². The van der Waals surface area contributed by atoms with Gasteiger partial charge in [0.1, 0.15) is 0 Å². The lowest BCUT2D eigenvalue weighted by molar-refractivity contribution is -0.137. The number of hydrogen-bond donors (Lipinski definition) is 4. The largest absolute Gasteiger partial charge is 0.481 e. The third-order valence-electron chi connectivity index (χ3n) is 1.95. The first-order valence-corrected chi connectivity index (χ1v) is 5.61. The number of carboxylic acids is 1. The van der Waals surface area contributed by atoms with Crippen molar-refractivity contribution >= 4 is 5.97 Å². The Hall–Kier alpha value is -0.650. The first kappa shape index (κ1) is 14.3. The molecule has 0 atom stereocenters. The summed E-state index contributed by atoms with van der Waals surface area (Å²) >= 11 is 0. The van der Waals surface area contributed by atoms with Crippen LogP contribution in [0.1, 0.15) is 19.8 Å². The highest BCUT2D eigenvalue weighted by molar-refractivity contribution is 5.66. The number of carbonyl (C=O) groups is 1. The Morgan fingerprint density at radius 1 is 1.00 bits per heavy atom. The molecule has 0 fully saturated rings. The van der Waals surface area contributed by atoms with Gasteiger partial charge in [-0.1, -0.05) is 6.92 Å². The van der Waals surface area contributed by atoms with Gasteiger partial charge in [-0.15, -0.1) is 0 Å². The molecule has 5 nitrogen and oxygen atoms in total. The lowest BCUT2D eigenvalue weighted by Gasteiger charge is -2.06.